The maximum absolute atomic E-state index is 12.2. The van der Waals surface area contributed by atoms with Gasteiger partial charge in [-0.2, -0.15) is 0 Å². The lowest BCUT2D eigenvalue weighted by atomic mass is 10.3. The van der Waals surface area contributed by atoms with E-state index in [2.05, 4.69) is 15.0 Å². The molecule has 2 N–H and O–H groups in total. The van der Waals surface area contributed by atoms with Crippen LogP contribution in [-0.2, 0) is 10.0 Å². The highest BCUT2D eigenvalue weighted by Gasteiger charge is 2.17. The first-order valence-corrected chi connectivity index (χ1v) is 9.78. The van der Waals surface area contributed by atoms with E-state index < -0.39 is 15.9 Å². The molecular weight excluding hydrogens is 382 g/mol. The molecule has 9 heteroatoms. The first-order chi connectivity index (χ1) is 11.9. The summed E-state index contributed by atoms with van der Waals surface area (Å²) in [6.45, 7) is 0. The number of halogens is 1. The van der Waals surface area contributed by atoms with E-state index in [4.69, 9.17) is 11.6 Å². The number of amides is 1. The van der Waals surface area contributed by atoms with E-state index in [0.29, 0.717) is 10.7 Å². The molecular formula is C16H12ClN3O3S2. The van der Waals surface area contributed by atoms with E-state index >= 15 is 0 Å². The summed E-state index contributed by atoms with van der Waals surface area (Å²) in [7, 11) is -3.74. The van der Waals surface area contributed by atoms with Gasteiger partial charge in [-0.3, -0.25) is 9.52 Å². The molecule has 1 heterocycles. The van der Waals surface area contributed by atoms with Crippen molar-refractivity contribution in [3.05, 3.63) is 70.7 Å². The lowest BCUT2D eigenvalue weighted by Crippen LogP contribution is -2.14. The second-order valence-corrected chi connectivity index (χ2v) is 7.90. The Balaban J connectivity index is 1.73. The van der Waals surface area contributed by atoms with E-state index in [9.17, 15) is 13.2 Å². The fourth-order valence-corrected chi connectivity index (χ4v) is 4.11. The Hall–Kier alpha value is -2.42. The number of nitrogens with zero attached hydrogens (tertiary/aromatic N) is 1. The molecule has 3 aromatic rings. The zero-order chi connectivity index (χ0) is 17.9. The molecule has 2 aromatic carbocycles. The van der Waals surface area contributed by atoms with Gasteiger partial charge in [0.05, 0.1) is 4.90 Å². The molecule has 0 saturated heterocycles. The third kappa shape index (κ3) is 4.36. The van der Waals surface area contributed by atoms with Crippen molar-refractivity contribution in [3.8, 4) is 0 Å². The van der Waals surface area contributed by atoms with Crippen molar-refractivity contribution >= 4 is 49.7 Å². The number of sulfonamides is 1. The van der Waals surface area contributed by atoms with Crippen molar-refractivity contribution in [1.82, 2.24) is 4.98 Å². The maximum atomic E-state index is 12.2. The third-order valence-electron chi connectivity index (χ3n) is 3.09. The minimum absolute atomic E-state index is 0.107. The molecule has 128 valence electrons. The van der Waals surface area contributed by atoms with Crippen LogP contribution in [0.5, 0.6) is 0 Å². The Labute approximate surface area is 153 Å². The molecule has 1 aromatic heterocycles. The minimum atomic E-state index is -3.74. The standard InChI is InChI=1S/C16H12ClN3O3S2/c17-11-5-4-6-12(9-11)18-15(21)14-10-24-16(19-14)20-25(22,23)13-7-2-1-3-8-13/h1-10H,(H,18,21)(H,19,20). The Morgan fingerprint density at radius 2 is 1.84 bits per heavy atom. The Morgan fingerprint density at radius 3 is 2.56 bits per heavy atom. The smallest absolute Gasteiger partial charge is 0.275 e. The lowest BCUT2D eigenvalue weighted by molar-refractivity contribution is 0.102. The molecule has 25 heavy (non-hydrogen) atoms. The fraction of sp³-hybridized carbons (Fsp3) is 0. The van der Waals surface area contributed by atoms with Crippen LogP contribution in [0.1, 0.15) is 10.5 Å². The summed E-state index contributed by atoms with van der Waals surface area (Å²) in [4.78, 5) is 16.3. The normalized spacial score (nSPS) is 11.1. The number of rotatable bonds is 5. The Morgan fingerprint density at radius 1 is 1.08 bits per heavy atom. The second-order valence-electron chi connectivity index (χ2n) is 4.92. The number of aromatic nitrogens is 1. The van der Waals surface area contributed by atoms with Crippen molar-refractivity contribution in [2.24, 2.45) is 0 Å². The molecule has 0 fully saturated rings. The van der Waals surface area contributed by atoms with Gasteiger partial charge < -0.3 is 5.32 Å². The SMILES string of the molecule is O=C(Nc1cccc(Cl)c1)c1csc(NS(=O)(=O)c2ccccc2)n1. The molecule has 0 aliphatic rings. The van der Waals surface area contributed by atoms with Crippen LogP contribution in [-0.4, -0.2) is 19.3 Å². The monoisotopic (exact) mass is 393 g/mol. The van der Waals surface area contributed by atoms with Crippen LogP contribution in [0.2, 0.25) is 5.02 Å². The minimum Gasteiger partial charge on any atom is -0.321 e. The van der Waals surface area contributed by atoms with Crippen LogP contribution < -0.4 is 10.0 Å². The molecule has 0 unspecified atom stereocenters. The number of nitrogens with one attached hydrogen (secondary N) is 2. The maximum Gasteiger partial charge on any atom is 0.275 e. The summed E-state index contributed by atoms with van der Waals surface area (Å²) in [6, 6.07) is 14.6. The van der Waals surface area contributed by atoms with Gasteiger partial charge in [0.2, 0.25) is 0 Å². The zero-order valence-corrected chi connectivity index (χ0v) is 15.0. The topological polar surface area (TPSA) is 88.2 Å². The summed E-state index contributed by atoms with van der Waals surface area (Å²) in [5, 5.41) is 4.73. The highest BCUT2D eigenvalue weighted by molar-refractivity contribution is 7.93. The van der Waals surface area contributed by atoms with Crippen molar-refractivity contribution in [1.29, 1.82) is 0 Å². The highest BCUT2D eigenvalue weighted by Crippen LogP contribution is 2.21. The molecule has 0 saturated carbocycles. The van der Waals surface area contributed by atoms with Crippen LogP contribution in [0.15, 0.2) is 64.9 Å². The quantitative estimate of drug-likeness (QED) is 0.689. The molecule has 6 nitrogen and oxygen atoms in total. The Bertz CT molecular complexity index is 1000. The number of anilines is 2. The molecule has 0 aliphatic carbocycles. The molecule has 3 rings (SSSR count). The van der Waals surface area contributed by atoms with Crippen LogP contribution >= 0.6 is 22.9 Å². The largest absolute Gasteiger partial charge is 0.321 e. The van der Waals surface area contributed by atoms with Gasteiger partial charge in [-0.1, -0.05) is 35.9 Å². The van der Waals surface area contributed by atoms with Crippen molar-refractivity contribution < 1.29 is 13.2 Å². The van der Waals surface area contributed by atoms with Crippen LogP contribution in [0, 0.1) is 0 Å². The van der Waals surface area contributed by atoms with Gasteiger partial charge in [0.15, 0.2) is 5.13 Å². The van der Waals surface area contributed by atoms with E-state index in [-0.39, 0.29) is 15.7 Å². The predicted octanol–water partition coefficient (Wildman–Crippen LogP) is 3.85. The molecule has 0 spiro atoms. The van der Waals surface area contributed by atoms with E-state index in [1.165, 1.54) is 17.5 Å². The summed E-state index contributed by atoms with van der Waals surface area (Å²) in [6.07, 6.45) is 0. The Kier molecular flexibility index (Phi) is 5.03. The summed E-state index contributed by atoms with van der Waals surface area (Å²) >= 11 is 6.89. The summed E-state index contributed by atoms with van der Waals surface area (Å²) in [5.41, 5.74) is 0.632. The molecule has 0 radical (unpaired) electrons. The predicted molar refractivity (Wildman–Crippen MR) is 98.8 cm³/mol. The van der Waals surface area contributed by atoms with Gasteiger partial charge >= 0.3 is 0 Å². The third-order valence-corrected chi connectivity index (χ3v) is 5.57. The first-order valence-electron chi connectivity index (χ1n) is 7.04. The van der Waals surface area contributed by atoms with Gasteiger partial charge in [-0.05, 0) is 30.3 Å². The van der Waals surface area contributed by atoms with Gasteiger partial charge in [-0.25, -0.2) is 13.4 Å². The number of thiazole rings is 1. The van der Waals surface area contributed by atoms with Crippen molar-refractivity contribution in [3.63, 3.8) is 0 Å². The van der Waals surface area contributed by atoms with Gasteiger partial charge in [0, 0.05) is 16.1 Å². The van der Waals surface area contributed by atoms with Crippen LogP contribution in [0.25, 0.3) is 0 Å². The molecule has 1 amide bonds. The first kappa shape index (κ1) is 17.4. The van der Waals surface area contributed by atoms with Crippen molar-refractivity contribution in [2.75, 3.05) is 10.0 Å². The summed E-state index contributed by atoms with van der Waals surface area (Å²) in [5.74, 6) is -0.455. The summed E-state index contributed by atoms with van der Waals surface area (Å²) < 4.78 is 26.9. The van der Waals surface area contributed by atoms with Crippen LogP contribution in [0.3, 0.4) is 0 Å². The number of benzene rings is 2. The number of hydrogen-bond donors (Lipinski definition) is 2. The average Bonchev–Trinajstić information content (AvgIpc) is 3.03. The lowest BCUT2D eigenvalue weighted by Gasteiger charge is -2.05. The van der Waals surface area contributed by atoms with Gasteiger partial charge in [0.25, 0.3) is 15.9 Å². The number of carbonyl (C=O) groups excluding carboxylic acids is 1. The number of carbonyl (C=O) groups is 1. The van der Waals surface area contributed by atoms with Gasteiger partial charge in [-0.15, -0.1) is 11.3 Å². The van der Waals surface area contributed by atoms with E-state index in [0.717, 1.165) is 11.3 Å². The molecule has 0 aliphatic heterocycles. The zero-order valence-electron chi connectivity index (χ0n) is 12.6. The fourth-order valence-electron chi connectivity index (χ4n) is 1.96. The average molecular weight is 394 g/mol. The number of hydrogen-bond acceptors (Lipinski definition) is 5. The van der Waals surface area contributed by atoms with E-state index in [1.54, 1.807) is 42.5 Å². The van der Waals surface area contributed by atoms with Crippen molar-refractivity contribution in [2.45, 2.75) is 4.90 Å². The highest BCUT2D eigenvalue weighted by atomic mass is 35.5. The van der Waals surface area contributed by atoms with E-state index in [1.807, 2.05) is 0 Å². The second kappa shape index (κ2) is 7.22. The van der Waals surface area contributed by atoms with Gasteiger partial charge in [0.1, 0.15) is 5.69 Å². The molecule has 0 atom stereocenters. The van der Waals surface area contributed by atoms with Crippen LogP contribution in [0.4, 0.5) is 10.8 Å². The molecule has 0 bridgehead atoms.